The van der Waals surface area contributed by atoms with Crippen molar-refractivity contribution in [1.82, 2.24) is 24.6 Å². The molecule has 0 bridgehead atoms. The van der Waals surface area contributed by atoms with Crippen LogP contribution in [0.1, 0.15) is 18.9 Å². The molecule has 8 heteroatoms. The molecule has 7 nitrogen and oxygen atoms in total. The summed E-state index contributed by atoms with van der Waals surface area (Å²) in [6.07, 6.45) is 2.48. The zero-order valence-electron chi connectivity index (χ0n) is 15.1. The summed E-state index contributed by atoms with van der Waals surface area (Å²) in [4.78, 5) is 27.7. The third-order valence-corrected chi connectivity index (χ3v) is 5.38. The Bertz CT molecular complexity index is 774. The van der Waals surface area contributed by atoms with Crippen molar-refractivity contribution in [3.63, 3.8) is 0 Å². The molecule has 0 spiro atoms. The van der Waals surface area contributed by atoms with Crippen molar-refractivity contribution in [2.45, 2.75) is 25.4 Å². The Balaban J connectivity index is 1.59. The van der Waals surface area contributed by atoms with E-state index in [1.165, 1.54) is 17.3 Å². The molecule has 1 aliphatic heterocycles. The number of carbonyl (C=O) groups is 2. The predicted molar refractivity (Wildman–Crippen MR) is 100 cm³/mol. The van der Waals surface area contributed by atoms with Crippen LogP contribution in [0.2, 0.25) is 0 Å². The van der Waals surface area contributed by atoms with E-state index in [9.17, 15) is 9.59 Å². The van der Waals surface area contributed by atoms with Gasteiger partial charge in [0.1, 0.15) is 6.33 Å². The lowest BCUT2D eigenvalue weighted by Gasteiger charge is -2.21. The molecule has 2 heterocycles. The van der Waals surface area contributed by atoms with Gasteiger partial charge in [-0.25, -0.2) is 0 Å². The fourth-order valence-corrected chi connectivity index (χ4v) is 3.74. The third-order valence-electron chi connectivity index (χ3n) is 4.45. The number of benzene rings is 1. The van der Waals surface area contributed by atoms with E-state index >= 15 is 0 Å². The van der Waals surface area contributed by atoms with Gasteiger partial charge in [0.25, 0.3) is 0 Å². The first-order valence-corrected chi connectivity index (χ1v) is 9.66. The van der Waals surface area contributed by atoms with Crippen molar-refractivity contribution < 1.29 is 9.59 Å². The summed E-state index contributed by atoms with van der Waals surface area (Å²) < 4.78 is 1.89. The van der Waals surface area contributed by atoms with E-state index in [1.54, 1.807) is 18.2 Å². The fraction of sp³-hybridized carbons (Fsp3) is 0.444. The summed E-state index contributed by atoms with van der Waals surface area (Å²) >= 11 is 1.39. The lowest BCUT2D eigenvalue weighted by molar-refractivity contribution is -0.130. The number of hydrogen-bond acceptors (Lipinski definition) is 5. The number of rotatable bonds is 4. The summed E-state index contributed by atoms with van der Waals surface area (Å²) in [6, 6.07) is 8.09. The highest BCUT2D eigenvalue weighted by molar-refractivity contribution is 7.99. The largest absolute Gasteiger partial charge is 0.341 e. The Morgan fingerprint density at radius 3 is 2.50 bits per heavy atom. The summed E-state index contributed by atoms with van der Waals surface area (Å²) in [5, 5.41) is 8.81. The van der Waals surface area contributed by atoms with Crippen molar-refractivity contribution in [2.24, 2.45) is 0 Å². The number of amides is 2. The Labute approximate surface area is 157 Å². The van der Waals surface area contributed by atoms with E-state index < -0.39 is 0 Å². The fourth-order valence-electron chi connectivity index (χ4n) is 2.90. The average molecular weight is 373 g/mol. The Kier molecular flexibility index (Phi) is 5.92. The van der Waals surface area contributed by atoms with Gasteiger partial charge in [-0.2, -0.15) is 0 Å². The molecule has 1 aromatic heterocycles. The molecule has 1 fully saturated rings. The molecule has 0 radical (unpaired) electrons. The normalized spacial score (nSPS) is 15.0. The molecule has 0 saturated carbocycles. The quantitative estimate of drug-likeness (QED) is 0.764. The van der Waals surface area contributed by atoms with Crippen LogP contribution in [-0.2, 0) is 9.59 Å². The Morgan fingerprint density at radius 1 is 1.08 bits per heavy atom. The smallest absolute Gasteiger partial charge is 0.233 e. The van der Waals surface area contributed by atoms with Crippen LogP contribution in [0, 0.1) is 6.92 Å². The van der Waals surface area contributed by atoms with Crippen molar-refractivity contribution in [2.75, 3.05) is 31.9 Å². The van der Waals surface area contributed by atoms with Crippen molar-refractivity contribution in [3.05, 3.63) is 36.2 Å². The Morgan fingerprint density at radius 2 is 1.77 bits per heavy atom. The van der Waals surface area contributed by atoms with Gasteiger partial charge in [-0.15, -0.1) is 10.2 Å². The minimum absolute atomic E-state index is 0.0684. The summed E-state index contributed by atoms with van der Waals surface area (Å²) in [7, 11) is 0. The minimum Gasteiger partial charge on any atom is -0.341 e. The van der Waals surface area contributed by atoms with Crippen LogP contribution in [0.4, 0.5) is 0 Å². The van der Waals surface area contributed by atoms with Crippen LogP contribution in [-0.4, -0.2) is 68.3 Å². The summed E-state index contributed by atoms with van der Waals surface area (Å²) in [6.45, 7) is 6.21. The molecule has 1 aromatic carbocycles. The molecular formula is C18H23N5O2S. The molecule has 26 heavy (non-hydrogen) atoms. The van der Waals surface area contributed by atoms with Crippen LogP contribution >= 0.6 is 11.8 Å². The van der Waals surface area contributed by atoms with Gasteiger partial charge in [0.05, 0.1) is 5.75 Å². The van der Waals surface area contributed by atoms with Gasteiger partial charge < -0.3 is 9.80 Å². The average Bonchev–Trinajstić information content (AvgIpc) is 2.94. The van der Waals surface area contributed by atoms with Crippen LogP contribution in [0.15, 0.2) is 35.7 Å². The van der Waals surface area contributed by atoms with Gasteiger partial charge in [-0.3, -0.25) is 14.2 Å². The summed E-state index contributed by atoms with van der Waals surface area (Å²) in [5.74, 6) is 0.448. The van der Waals surface area contributed by atoms with E-state index in [4.69, 9.17) is 0 Å². The van der Waals surface area contributed by atoms with Gasteiger partial charge in [0.2, 0.25) is 11.8 Å². The second-order valence-corrected chi connectivity index (χ2v) is 7.29. The van der Waals surface area contributed by atoms with Gasteiger partial charge in [0, 0.05) is 38.8 Å². The maximum atomic E-state index is 12.6. The first-order valence-electron chi connectivity index (χ1n) is 8.68. The molecule has 0 unspecified atom stereocenters. The highest BCUT2D eigenvalue weighted by atomic mass is 32.2. The van der Waals surface area contributed by atoms with Gasteiger partial charge in [-0.05, 0) is 25.5 Å². The molecule has 0 N–H and O–H groups in total. The van der Waals surface area contributed by atoms with E-state index in [2.05, 4.69) is 10.2 Å². The van der Waals surface area contributed by atoms with Crippen molar-refractivity contribution >= 4 is 23.6 Å². The standard InChI is InChI=1S/C18H23N5O2S/c1-14-4-6-16(7-5-14)23-13-19-20-18(23)26-12-17(25)22-9-3-8-21(10-11-22)15(2)24/h4-7,13H,3,8-12H2,1-2H3. The predicted octanol–water partition coefficient (Wildman–Crippen LogP) is 1.75. The monoisotopic (exact) mass is 373 g/mol. The highest BCUT2D eigenvalue weighted by Crippen LogP contribution is 2.20. The number of aryl methyl sites for hydroxylation is 1. The second kappa shape index (κ2) is 8.35. The molecule has 3 rings (SSSR count). The van der Waals surface area contributed by atoms with E-state index in [-0.39, 0.29) is 11.8 Å². The van der Waals surface area contributed by atoms with Crippen LogP contribution < -0.4 is 0 Å². The first-order chi connectivity index (χ1) is 12.5. The van der Waals surface area contributed by atoms with Gasteiger partial charge in [-0.1, -0.05) is 29.5 Å². The van der Waals surface area contributed by atoms with E-state index in [1.807, 2.05) is 40.7 Å². The molecule has 2 aromatic rings. The number of carbonyl (C=O) groups excluding carboxylic acids is 2. The van der Waals surface area contributed by atoms with Gasteiger partial charge >= 0.3 is 0 Å². The molecule has 1 aliphatic rings. The second-order valence-electron chi connectivity index (χ2n) is 6.35. The molecular weight excluding hydrogens is 350 g/mol. The molecule has 138 valence electrons. The minimum atomic E-state index is 0.0684. The molecule has 1 saturated heterocycles. The molecule has 2 amide bonds. The zero-order chi connectivity index (χ0) is 18.5. The maximum Gasteiger partial charge on any atom is 0.233 e. The topological polar surface area (TPSA) is 71.3 Å². The third kappa shape index (κ3) is 4.43. The lowest BCUT2D eigenvalue weighted by Crippen LogP contribution is -2.37. The van der Waals surface area contributed by atoms with E-state index in [0.717, 1.165) is 12.1 Å². The van der Waals surface area contributed by atoms with Crippen molar-refractivity contribution in [3.8, 4) is 5.69 Å². The number of hydrogen-bond donors (Lipinski definition) is 0. The number of thioether (sulfide) groups is 1. The van der Waals surface area contributed by atoms with Gasteiger partial charge in [0.15, 0.2) is 5.16 Å². The molecule has 0 aliphatic carbocycles. The number of aromatic nitrogens is 3. The first kappa shape index (κ1) is 18.4. The zero-order valence-corrected chi connectivity index (χ0v) is 15.9. The van der Waals surface area contributed by atoms with E-state index in [0.29, 0.717) is 37.1 Å². The molecule has 0 atom stereocenters. The SMILES string of the molecule is CC(=O)N1CCCN(C(=O)CSc2nncn2-c2ccc(C)cc2)CC1. The lowest BCUT2D eigenvalue weighted by atomic mass is 10.2. The Hall–Kier alpha value is -2.35. The van der Waals surface area contributed by atoms with Crippen molar-refractivity contribution in [1.29, 1.82) is 0 Å². The maximum absolute atomic E-state index is 12.6. The summed E-state index contributed by atoms with van der Waals surface area (Å²) in [5.41, 5.74) is 2.16. The van der Waals surface area contributed by atoms with Crippen LogP contribution in [0.3, 0.4) is 0 Å². The van der Waals surface area contributed by atoms with Crippen LogP contribution in [0.25, 0.3) is 5.69 Å². The van der Waals surface area contributed by atoms with Crippen LogP contribution in [0.5, 0.6) is 0 Å². The highest BCUT2D eigenvalue weighted by Gasteiger charge is 2.21. The number of nitrogens with zero attached hydrogens (tertiary/aromatic N) is 5.